The Labute approximate surface area is 65.0 Å². The molecule has 3 heteroatoms. The Bertz CT molecular complexity index is 271. The second kappa shape index (κ2) is 4.18. The fourth-order valence-corrected chi connectivity index (χ4v) is 0.622. The summed E-state index contributed by atoms with van der Waals surface area (Å²) in [5.74, 6) is 0. The molecule has 1 aromatic heterocycles. The Balaban J connectivity index is 2.59. The summed E-state index contributed by atoms with van der Waals surface area (Å²) >= 11 is 0. The molecule has 1 heterocycles. The molecule has 0 atom stereocenters. The van der Waals surface area contributed by atoms with E-state index in [1.54, 1.807) is 24.7 Å². The van der Waals surface area contributed by atoms with E-state index in [0.717, 1.165) is 5.69 Å². The van der Waals surface area contributed by atoms with E-state index in [2.05, 4.69) is 9.98 Å². The van der Waals surface area contributed by atoms with E-state index in [4.69, 9.17) is 5.26 Å². The molecular formula is C8H7N3. The molecule has 0 aliphatic carbocycles. The van der Waals surface area contributed by atoms with Crippen LogP contribution in [0.4, 0.5) is 5.69 Å². The number of hydrogen-bond acceptors (Lipinski definition) is 3. The van der Waals surface area contributed by atoms with E-state index < -0.39 is 0 Å². The summed E-state index contributed by atoms with van der Waals surface area (Å²) in [6.07, 6.45) is 5.24. The molecular weight excluding hydrogens is 138 g/mol. The predicted octanol–water partition coefficient (Wildman–Crippen LogP) is 1.70. The van der Waals surface area contributed by atoms with Crippen LogP contribution < -0.4 is 0 Å². The van der Waals surface area contributed by atoms with Crippen LogP contribution in [0.2, 0.25) is 0 Å². The minimum atomic E-state index is 0.342. The number of hydrogen-bond donors (Lipinski definition) is 0. The highest BCUT2D eigenvalue weighted by Crippen LogP contribution is 2.05. The van der Waals surface area contributed by atoms with Crippen molar-refractivity contribution in [3.63, 3.8) is 0 Å². The van der Waals surface area contributed by atoms with E-state index in [0.29, 0.717) is 6.42 Å². The largest absolute Gasteiger partial charge is 0.262 e. The minimum absolute atomic E-state index is 0.342. The Morgan fingerprint density at radius 2 is 2.64 bits per heavy atom. The molecule has 3 nitrogen and oxygen atoms in total. The SMILES string of the molecule is N#CCC=Nc1cccnc1. The first-order valence-corrected chi connectivity index (χ1v) is 3.23. The Hall–Kier alpha value is -1.69. The van der Waals surface area contributed by atoms with Gasteiger partial charge in [0.1, 0.15) is 0 Å². The molecule has 0 bridgehead atoms. The van der Waals surface area contributed by atoms with Crippen molar-refractivity contribution in [3.05, 3.63) is 24.5 Å². The molecule has 0 aliphatic heterocycles. The Morgan fingerprint density at radius 1 is 1.73 bits per heavy atom. The predicted molar refractivity (Wildman–Crippen MR) is 42.6 cm³/mol. The molecule has 0 N–H and O–H groups in total. The van der Waals surface area contributed by atoms with Crippen LogP contribution in [0.3, 0.4) is 0 Å². The lowest BCUT2D eigenvalue weighted by molar-refractivity contribution is 1.30. The quantitative estimate of drug-likeness (QED) is 0.594. The summed E-state index contributed by atoms with van der Waals surface area (Å²) in [5.41, 5.74) is 0.780. The van der Waals surface area contributed by atoms with Gasteiger partial charge in [0.2, 0.25) is 0 Å². The van der Waals surface area contributed by atoms with Crippen LogP contribution in [-0.2, 0) is 0 Å². The summed E-state index contributed by atoms with van der Waals surface area (Å²) in [4.78, 5) is 7.85. The first-order valence-electron chi connectivity index (χ1n) is 3.23. The Kier molecular flexibility index (Phi) is 2.82. The maximum absolute atomic E-state index is 8.19. The van der Waals surface area contributed by atoms with Crippen LogP contribution in [0.5, 0.6) is 0 Å². The standard InChI is InChI=1S/C8H7N3/c9-4-2-6-11-8-3-1-5-10-7-8/h1,3,5-7H,2H2. The molecule has 0 saturated carbocycles. The maximum atomic E-state index is 8.19. The number of nitrogens with zero attached hydrogens (tertiary/aromatic N) is 3. The fraction of sp³-hybridized carbons (Fsp3) is 0.125. The van der Waals surface area contributed by atoms with Crippen molar-refractivity contribution in [2.45, 2.75) is 6.42 Å². The summed E-state index contributed by atoms with van der Waals surface area (Å²) in [5, 5.41) is 8.19. The topological polar surface area (TPSA) is 49.0 Å². The van der Waals surface area contributed by atoms with Gasteiger partial charge in [0.25, 0.3) is 0 Å². The molecule has 1 aromatic rings. The molecule has 11 heavy (non-hydrogen) atoms. The normalized spacial score (nSPS) is 9.73. The number of pyridine rings is 1. The lowest BCUT2D eigenvalue weighted by Gasteiger charge is -1.87. The third-order valence-corrected chi connectivity index (χ3v) is 1.07. The highest BCUT2D eigenvalue weighted by Gasteiger charge is 1.82. The smallest absolute Gasteiger partial charge is 0.0809 e. The summed E-state index contributed by atoms with van der Waals surface area (Å²) < 4.78 is 0. The molecule has 54 valence electrons. The van der Waals surface area contributed by atoms with Gasteiger partial charge < -0.3 is 0 Å². The zero-order valence-electron chi connectivity index (χ0n) is 5.94. The van der Waals surface area contributed by atoms with E-state index in [1.165, 1.54) is 0 Å². The molecule has 0 fully saturated rings. The summed E-state index contributed by atoms with van der Waals surface area (Å²) in [6, 6.07) is 5.61. The molecule has 1 rings (SSSR count). The first kappa shape index (κ1) is 7.42. The zero-order valence-corrected chi connectivity index (χ0v) is 5.94. The fourth-order valence-electron chi connectivity index (χ4n) is 0.622. The second-order valence-corrected chi connectivity index (χ2v) is 1.89. The molecule has 0 aromatic carbocycles. The second-order valence-electron chi connectivity index (χ2n) is 1.89. The maximum Gasteiger partial charge on any atom is 0.0809 e. The van der Waals surface area contributed by atoms with Gasteiger partial charge in [-0.25, -0.2) is 0 Å². The van der Waals surface area contributed by atoms with Crippen molar-refractivity contribution in [3.8, 4) is 6.07 Å². The molecule has 0 amide bonds. The van der Waals surface area contributed by atoms with Crippen molar-refractivity contribution in [1.82, 2.24) is 4.98 Å². The minimum Gasteiger partial charge on any atom is -0.262 e. The van der Waals surface area contributed by atoms with E-state index >= 15 is 0 Å². The highest BCUT2D eigenvalue weighted by atomic mass is 14.8. The van der Waals surface area contributed by atoms with Crippen LogP contribution >= 0.6 is 0 Å². The molecule has 0 unspecified atom stereocenters. The van der Waals surface area contributed by atoms with Gasteiger partial charge in [0, 0.05) is 12.4 Å². The monoisotopic (exact) mass is 145 g/mol. The van der Waals surface area contributed by atoms with Gasteiger partial charge in [-0.05, 0) is 12.1 Å². The third kappa shape index (κ3) is 2.59. The number of aromatic nitrogens is 1. The van der Waals surface area contributed by atoms with Gasteiger partial charge >= 0.3 is 0 Å². The van der Waals surface area contributed by atoms with Crippen LogP contribution in [0, 0.1) is 11.3 Å². The van der Waals surface area contributed by atoms with Crippen molar-refractivity contribution in [2.24, 2.45) is 4.99 Å². The van der Waals surface area contributed by atoms with Crippen molar-refractivity contribution in [1.29, 1.82) is 5.26 Å². The van der Waals surface area contributed by atoms with Crippen LogP contribution in [0.1, 0.15) is 6.42 Å². The molecule has 0 spiro atoms. The van der Waals surface area contributed by atoms with Crippen molar-refractivity contribution < 1.29 is 0 Å². The van der Waals surface area contributed by atoms with Crippen molar-refractivity contribution in [2.75, 3.05) is 0 Å². The lowest BCUT2D eigenvalue weighted by atomic mass is 10.4. The van der Waals surface area contributed by atoms with Gasteiger partial charge in [0.15, 0.2) is 0 Å². The van der Waals surface area contributed by atoms with E-state index in [9.17, 15) is 0 Å². The number of aliphatic imine (C=N–C) groups is 1. The van der Waals surface area contributed by atoms with Gasteiger partial charge in [-0.15, -0.1) is 0 Å². The van der Waals surface area contributed by atoms with Gasteiger partial charge in [-0.2, -0.15) is 5.26 Å². The van der Waals surface area contributed by atoms with E-state index in [-0.39, 0.29) is 0 Å². The molecule has 0 radical (unpaired) electrons. The van der Waals surface area contributed by atoms with Gasteiger partial charge in [0.05, 0.1) is 24.4 Å². The molecule has 0 aliphatic rings. The van der Waals surface area contributed by atoms with Crippen molar-refractivity contribution >= 4 is 11.9 Å². The van der Waals surface area contributed by atoms with Gasteiger partial charge in [-0.3, -0.25) is 9.98 Å². The summed E-state index contributed by atoms with van der Waals surface area (Å²) in [6.45, 7) is 0. The van der Waals surface area contributed by atoms with E-state index in [1.807, 2.05) is 12.1 Å². The summed E-state index contributed by atoms with van der Waals surface area (Å²) in [7, 11) is 0. The zero-order chi connectivity index (χ0) is 7.94. The van der Waals surface area contributed by atoms with Gasteiger partial charge in [-0.1, -0.05) is 0 Å². The number of nitriles is 1. The third-order valence-electron chi connectivity index (χ3n) is 1.07. The molecule has 0 saturated heterocycles. The van der Waals surface area contributed by atoms with Crippen LogP contribution in [-0.4, -0.2) is 11.2 Å². The highest BCUT2D eigenvalue weighted by molar-refractivity contribution is 5.64. The van der Waals surface area contributed by atoms with Crippen LogP contribution in [0.25, 0.3) is 0 Å². The Morgan fingerprint density at radius 3 is 3.27 bits per heavy atom. The number of rotatable bonds is 2. The lowest BCUT2D eigenvalue weighted by Crippen LogP contribution is -1.71. The average molecular weight is 145 g/mol. The van der Waals surface area contributed by atoms with Crippen LogP contribution in [0.15, 0.2) is 29.5 Å². The first-order chi connectivity index (χ1) is 5.43. The average Bonchev–Trinajstić information content (AvgIpc) is 2.07.